The molecule has 122 valence electrons. The Bertz CT molecular complexity index is 349. The number of hydrogen-bond acceptors (Lipinski definition) is 2. The molecular formula is C19H36N2. The summed E-state index contributed by atoms with van der Waals surface area (Å²) in [5.41, 5.74) is 7.18. The van der Waals surface area contributed by atoms with Gasteiger partial charge in [0.2, 0.25) is 0 Å². The lowest BCUT2D eigenvalue weighted by molar-refractivity contribution is -0.0358. The van der Waals surface area contributed by atoms with Crippen molar-refractivity contribution in [3.63, 3.8) is 0 Å². The summed E-state index contributed by atoms with van der Waals surface area (Å²) in [6, 6.07) is 0.869. The van der Waals surface area contributed by atoms with Crippen LogP contribution >= 0.6 is 0 Å². The molecule has 0 spiro atoms. The quantitative estimate of drug-likeness (QED) is 0.827. The van der Waals surface area contributed by atoms with Gasteiger partial charge in [0.15, 0.2) is 0 Å². The van der Waals surface area contributed by atoms with Gasteiger partial charge >= 0.3 is 0 Å². The Balaban J connectivity index is 1.72. The molecule has 0 aromatic carbocycles. The highest BCUT2D eigenvalue weighted by Crippen LogP contribution is 2.47. The maximum absolute atomic E-state index is 6.36. The summed E-state index contributed by atoms with van der Waals surface area (Å²) >= 11 is 0. The van der Waals surface area contributed by atoms with Crippen molar-refractivity contribution in [3.8, 4) is 0 Å². The average Bonchev–Trinajstić information content (AvgIpc) is 2.94. The van der Waals surface area contributed by atoms with Crippen LogP contribution in [-0.4, -0.2) is 29.6 Å². The van der Waals surface area contributed by atoms with Gasteiger partial charge in [0.1, 0.15) is 0 Å². The molecule has 3 fully saturated rings. The summed E-state index contributed by atoms with van der Waals surface area (Å²) < 4.78 is 0. The minimum atomic E-state index is 0.343. The number of nitrogens with zero attached hydrogens (tertiary/aromatic N) is 1. The van der Waals surface area contributed by atoms with Crippen molar-refractivity contribution in [2.45, 2.75) is 90.1 Å². The van der Waals surface area contributed by atoms with Gasteiger partial charge in [0, 0.05) is 18.1 Å². The van der Waals surface area contributed by atoms with E-state index < -0.39 is 0 Å². The van der Waals surface area contributed by atoms with Crippen LogP contribution in [-0.2, 0) is 0 Å². The molecule has 2 atom stereocenters. The third-order valence-corrected chi connectivity index (χ3v) is 7.12. The predicted octanol–water partition coefficient (Wildman–Crippen LogP) is 4.18. The van der Waals surface area contributed by atoms with Crippen molar-refractivity contribution in [2.75, 3.05) is 13.1 Å². The number of nitrogens with two attached hydrogens (primary N) is 1. The van der Waals surface area contributed by atoms with E-state index >= 15 is 0 Å². The predicted molar refractivity (Wildman–Crippen MR) is 90.3 cm³/mol. The van der Waals surface area contributed by atoms with E-state index in [9.17, 15) is 0 Å². The number of piperidine rings is 1. The summed E-state index contributed by atoms with van der Waals surface area (Å²) in [6.45, 7) is 9.45. The first kappa shape index (κ1) is 15.8. The molecule has 1 aliphatic heterocycles. The Hall–Kier alpha value is -0.0800. The summed E-state index contributed by atoms with van der Waals surface area (Å²) in [5, 5.41) is 0. The number of rotatable bonds is 2. The zero-order chi connectivity index (χ0) is 15.1. The molecule has 2 unspecified atom stereocenters. The van der Waals surface area contributed by atoms with Gasteiger partial charge in [-0.2, -0.15) is 0 Å². The minimum absolute atomic E-state index is 0.343. The number of fused-ring (bicyclic) bond motifs is 1. The van der Waals surface area contributed by atoms with Crippen LogP contribution < -0.4 is 5.73 Å². The van der Waals surface area contributed by atoms with Crippen LogP contribution in [0.4, 0.5) is 0 Å². The molecule has 2 heteroatoms. The fraction of sp³-hybridized carbons (Fsp3) is 1.00. The van der Waals surface area contributed by atoms with Crippen molar-refractivity contribution >= 4 is 0 Å². The monoisotopic (exact) mass is 292 g/mol. The van der Waals surface area contributed by atoms with Gasteiger partial charge in [-0.05, 0) is 75.2 Å². The SMILES string of the molecule is CC(C)(C)C1CCC(CN)(N2CCCC3CCCC32)CC1. The van der Waals surface area contributed by atoms with Crippen molar-refractivity contribution in [1.29, 1.82) is 0 Å². The third kappa shape index (κ3) is 2.91. The van der Waals surface area contributed by atoms with Crippen molar-refractivity contribution in [1.82, 2.24) is 4.90 Å². The number of likely N-dealkylation sites (tertiary alicyclic amines) is 1. The van der Waals surface area contributed by atoms with Gasteiger partial charge in [0.05, 0.1) is 0 Å². The Morgan fingerprint density at radius 1 is 1.00 bits per heavy atom. The summed E-state index contributed by atoms with van der Waals surface area (Å²) in [4.78, 5) is 2.91. The molecule has 0 aromatic rings. The van der Waals surface area contributed by atoms with E-state index in [1.807, 2.05) is 0 Å². The zero-order valence-electron chi connectivity index (χ0n) is 14.5. The fourth-order valence-electron chi connectivity index (χ4n) is 5.67. The second-order valence-electron chi connectivity index (χ2n) is 9.16. The molecule has 21 heavy (non-hydrogen) atoms. The molecule has 1 heterocycles. The molecule has 0 aromatic heterocycles. The average molecular weight is 293 g/mol. The van der Waals surface area contributed by atoms with E-state index in [2.05, 4.69) is 25.7 Å². The first-order valence-electron chi connectivity index (χ1n) is 9.43. The summed E-state index contributed by atoms with van der Waals surface area (Å²) in [6.07, 6.45) is 12.7. The van der Waals surface area contributed by atoms with Gasteiger partial charge in [-0.15, -0.1) is 0 Å². The first-order chi connectivity index (χ1) is 9.96. The van der Waals surface area contributed by atoms with Crippen LogP contribution in [0.1, 0.15) is 78.6 Å². The molecule has 3 aliphatic rings. The standard InChI is InChI=1S/C19H36N2/c1-18(2,3)16-9-11-19(14-20,12-10-16)21-13-5-7-15-6-4-8-17(15)21/h15-17H,4-14,20H2,1-3H3. The smallest absolute Gasteiger partial charge is 0.0335 e. The van der Waals surface area contributed by atoms with Crippen LogP contribution in [0.5, 0.6) is 0 Å². The molecule has 0 amide bonds. The van der Waals surface area contributed by atoms with Gasteiger partial charge in [0.25, 0.3) is 0 Å². The van der Waals surface area contributed by atoms with Crippen LogP contribution in [0.15, 0.2) is 0 Å². The van der Waals surface area contributed by atoms with Crippen molar-refractivity contribution < 1.29 is 0 Å². The Morgan fingerprint density at radius 2 is 1.67 bits per heavy atom. The molecule has 2 N–H and O–H groups in total. The molecule has 0 bridgehead atoms. The Labute approximate surface area is 131 Å². The fourth-order valence-corrected chi connectivity index (χ4v) is 5.67. The van der Waals surface area contributed by atoms with E-state index in [1.165, 1.54) is 64.3 Å². The van der Waals surface area contributed by atoms with Gasteiger partial charge < -0.3 is 5.73 Å². The van der Waals surface area contributed by atoms with E-state index in [-0.39, 0.29) is 0 Å². The molecule has 2 nitrogen and oxygen atoms in total. The van der Waals surface area contributed by atoms with Crippen LogP contribution in [0.3, 0.4) is 0 Å². The second kappa shape index (κ2) is 5.85. The Kier molecular flexibility index (Phi) is 4.40. The molecule has 3 rings (SSSR count). The molecular weight excluding hydrogens is 256 g/mol. The highest BCUT2D eigenvalue weighted by molar-refractivity contribution is 5.03. The van der Waals surface area contributed by atoms with Gasteiger partial charge in [-0.3, -0.25) is 4.90 Å². The van der Waals surface area contributed by atoms with E-state index in [1.54, 1.807) is 0 Å². The van der Waals surface area contributed by atoms with E-state index in [0.717, 1.165) is 24.4 Å². The lowest BCUT2D eigenvalue weighted by atomic mass is 9.66. The largest absolute Gasteiger partial charge is 0.329 e. The lowest BCUT2D eigenvalue weighted by Gasteiger charge is -2.54. The highest BCUT2D eigenvalue weighted by Gasteiger charge is 2.47. The highest BCUT2D eigenvalue weighted by atomic mass is 15.2. The van der Waals surface area contributed by atoms with Crippen LogP contribution in [0, 0.1) is 17.3 Å². The molecule has 0 radical (unpaired) electrons. The minimum Gasteiger partial charge on any atom is -0.329 e. The molecule has 1 saturated heterocycles. The van der Waals surface area contributed by atoms with E-state index in [0.29, 0.717) is 11.0 Å². The van der Waals surface area contributed by atoms with Crippen LogP contribution in [0.2, 0.25) is 0 Å². The zero-order valence-corrected chi connectivity index (χ0v) is 14.5. The maximum atomic E-state index is 6.36. The number of hydrogen-bond donors (Lipinski definition) is 1. The Morgan fingerprint density at radius 3 is 2.29 bits per heavy atom. The topological polar surface area (TPSA) is 29.3 Å². The third-order valence-electron chi connectivity index (χ3n) is 7.12. The van der Waals surface area contributed by atoms with Crippen molar-refractivity contribution in [2.24, 2.45) is 23.0 Å². The van der Waals surface area contributed by atoms with E-state index in [4.69, 9.17) is 5.73 Å². The van der Waals surface area contributed by atoms with Gasteiger partial charge in [-0.1, -0.05) is 27.2 Å². The summed E-state index contributed by atoms with van der Waals surface area (Å²) in [7, 11) is 0. The lowest BCUT2D eigenvalue weighted by Crippen LogP contribution is -2.62. The molecule has 2 saturated carbocycles. The molecule has 2 aliphatic carbocycles. The van der Waals surface area contributed by atoms with Gasteiger partial charge in [-0.25, -0.2) is 0 Å². The second-order valence-corrected chi connectivity index (χ2v) is 9.16. The normalized spacial score (nSPS) is 42.0. The summed E-state index contributed by atoms with van der Waals surface area (Å²) in [5.74, 6) is 1.88. The first-order valence-corrected chi connectivity index (χ1v) is 9.43. The maximum Gasteiger partial charge on any atom is 0.0335 e. The van der Waals surface area contributed by atoms with Crippen molar-refractivity contribution in [3.05, 3.63) is 0 Å². The van der Waals surface area contributed by atoms with Crippen LogP contribution in [0.25, 0.3) is 0 Å².